The first-order valence-electron chi connectivity index (χ1n) is 5.14. The molecule has 92 valence electrons. The van der Waals surface area contributed by atoms with Crippen molar-refractivity contribution in [3.63, 3.8) is 0 Å². The second-order valence-corrected chi connectivity index (χ2v) is 3.55. The topological polar surface area (TPSA) is 110 Å². The quantitative estimate of drug-likeness (QED) is 0.603. The average molecular weight is 238 g/mol. The summed E-state index contributed by atoms with van der Waals surface area (Å²) < 4.78 is 6.19. The van der Waals surface area contributed by atoms with E-state index >= 15 is 0 Å². The first kappa shape index (κ1) is 11.6. The molecule has 0 spiro atoms. The van der Waals surface area contributed by atoms with E-state index in [2.05, 4.69) is 20.6 Å². The summed E-state index contributed by atoms with van der Waals surface area (Å²) in [5, 5.41) is 13.3. The lowest BCUT2D eigenvalue weighted by Gasteiger charge is -2.15. The molecule has 8 nitrogen and oxygen atoms in total. The zero-order chi connectivity index (χ0) is 12.3. The van der Waals surface area contributed by atoms with Gasteiger partial charge in [-0.25, -0.2) is 9.89 Å². The number of H-pyrrole nitrogens is 1. The van der Waals surface area contributed by atoms with Crippen LogP contribution in [-0.4, -0.2) is 46.1 Å². The molecule has 2 heterocycles. The molecule has 8 heteroatoms. The summed E-state index contributed by atoms with van der Waals surface area (Å²) in [6.07, 6.45) is 0. The molecule has 0 fully saturated rings. The highest BCUT2D eigenvalue weighted by Crippen LogP contribution is 2.04. The lowest BCUT2D eigenvalue weighted by Crippen LogP contribution is -2.33. The molecule has 0 amide bonds. The number of nitrogens with zero attached hydrogens (tertiary/aromatic N) is 3. The summed E-state index contributed by atoms with van der Waals surface area (Å²) in [7, 11) is 1.60. The van der Waals surface area contributed by atoms with Crippen LogP contribution >= 0.6 is 0 Å². The number of aromatic amines is 1. The third kappa shape index (κ3) is 2.43. The maximum absolute atomic E-state index is 11.3. The van der Waals surface area contributed by atoms with Crippen LogP contribution in [0.5, 0.6) is 0 Å². The van der Waals surface area contributed by atoms with Crippen molar-refractivity contribution < 1.29 is 4.74 Å². The maximum atomic E-state index is 11.3. The minimum atomic E-state index is -0.375. The summed E-state index contributed by atoms with van der Waals surface area (Å²) in [6, 6.07) is 3.37. The van der Waals surface area contributed by atoms with Gasteiger partial charge in [0.15, 0.2) is 5.65 Å². The van der Waals surface area contributed by atoms with E-state index in [1.165, 1.54) is 4.52 Å². The van der Waals surface area contributed by atoms with E-state index in [4.69, 9.17) is 10.5 Å². The van der Waals surface area contributed by atoms with E-state index in [9.17, 15) is 4.79 Å². The van der Waals surface area contributed by atoms with Gasteiger partial charge in [-0.15, -0.1) is 5.10 Å². The maximum Gasteiger partial charge on any atom is 0.364 e. The van der Waals surface area contributed by atoms with Crippen LogP contribution in [-0.2, 0) is 4.74 Å². The van der Waals surface area contributed by atoms with Gasteiger partial charge < -0.3 is 15.8 Å². The van der Waals surface area contributed by atoms with Crippen molar-refractivity contribution >= 4 is 11.5 Å². The zero-order valence-corrected chi connectivity index (χ0v) is 9.38. The summed E-state index contributed by atoms with van der Waals surface area (Å²) >= 11 is 0. The first-order valence-corrected chi connectivity index (χ1v) is 5.14. The first-order chi connectivity index (χ1) is 8.24. The molecule has 0 aliphatic carbocycles. The van der Waals surface area contributed by atoms with Gasteiger partial charge >= 0.3 is 5.69 Å². The van der Waals surface area contributed by atoms with E-state index in [0.717, 1.165) is 0 Å². The fraction of sp³-hybridized carbons (Fsp3) is 0.444. The van der Waals surface area contributed by atoms with Crippen LogP contribution in [0, 0.1) is 0 Å². The average Bonchev–Trinajstić information content (AvgIpc) is 2.70. The number of methoxy groups -OCH3 is 1. The Labute approximate surface area is 96.8 Å². The second kappa shape index (κ2) is 4.93. The Morgan fingerprint density at radius 2 is 2.47 bits per heavy atom. The van der Waals surface area contributed by atoms with Crippen LogP contribution in [0.3, 0.4) is 0 Å². The van der Waals surface area contributed by atoms with Crippen molar-refractivity contribution in [1.82, 2.24) is 19.8 Å². The molecule has 17 heavy (non-hydrogen) atoms. The van der Waals surface area contributed by atoms with E-state index in [-0.39, 0.29) is 11.7 Å². The monoisotopic (exact) mass is 238 g/mol. The Balaban J connectivity index is 2.23. The molecule has 2 aromatic rings. The second-order valence-electron chi connectivity index (χ2n) is 3.55. The fourth-order valence-electron chi connectivity index (χ4n) is 1.46. The van der Waals surface area contributed by atoms with Crippen molar-refractivity contribution in [3.05, 3.63) is 22.6 Å². The molecule has 0 aliphatic rings. The van der Waals surface area contributed by atoms with Gasteiger partial charge in [0.2, 0.25) is 0 Å². The Kier molecular flexibility index (Phi) is 3.35. The summed E-state index contributed by atoms with van der Waals surface area (Å²) in [5.41, 5.74) is 5.67. The van der Waals surface area contributed by atoms with Gasteiger partial charge in [0.05, 0.1) is 12.6 Å². The molecule has 4 N–H and O–H groups in total. The highest BCUT2D eigenvalue weighted by Gasteiger charge is 2.08. The zero-order valence-electron chi connectivity index (χ0n) is 9.38. The van der Waals surface area contributed by atoms with Crippen LogP contribution in [0.1, 0.15) is 0 Å². The number of rotatable bonds is 5. The Morgan fingerprint density at radius 3 is 3.18 bits per heavy atom. The van der Waals surface area contributed by atoms with Gasteiger partial charge in [-0.3, -0.25) is 0 Å². The number of anilines is 1. The normalized spacial score (nSPS) is 12.8. The molecular formula is C9H14N6O2. The highest BCUT2D eigenvalue weighted by molar-refractivity contribution is 5.43. The number of fused-ring (bicyclic) bond motifs is 1. The van der Waals surface area contributed by atoms with Crippen LogP contribution in [0.15, 0.2) is 16.9 Å². The largest absolute Gasteiger partial charge is 0.383 e. The third-order valence-electron chi connectivity index (χ3n) is 2.28. The lowest BCUT2D eigenvalue weighted by molar-refractivity contribution is 0.187. The highest BCUT2D eigenvalue weighted by atomic mass is 16.5. The molecule has 2 aromatic heterocycles. The van der Waals surface area contributed by atoms with Crippen molar-refractivity contribution in [2.75, 3.05) is 25.6 Å². The van der Waals surface area contributed by atoms with Crippen molar-refractivity contribution in [2.24, 2.45) is 5.73 Å². The smallest absolute Gasteiger partial charge is 0.364 e. The standard InChI is InChI=1S/C9H14N6O2/c1-17-5-6(4-10)11-7-2-3-8-12-13-9(16)15(8)14-7/h2-3,6H,4-5,10H2,1H3,(H,11,14)(H,13,16). The molecule has 1 atom stereocenters. The molecule has 0 aromatic carbocycles. The predicted octanol–water partition coefficient (Wildman–Crippen LogP) is -1.20. The van der Waals surface area contributed by atoms with Gasteiger partial charge in [0, 0.05) is 13.7 Å². The molecule has 1 unspecified atom stereocenters. The molecule has 0 aliphatic heterocycles. The Hall–Kier alpha value is -1.93. The summed E-state index contributed by atoms with van der Waals surface area (Å²) in [5.74, 6) is 0.550. The van der Waals surface area contributed by atoms with Crippen LogP contribution in [0.25, 0.3) is 5.65 Å². The van der Waals surface area contributed by atoms with Crippen molar-refractivity contribution in [2.45, 2.75) is 6.04 Å². The SMILES string of the molecule is COCC(CN)Nc1ccc2n[nH]c(=O)n2n1. The van der Waals surface area contributed by atoms with Gasteiger partial charge in [-0.05, 0) is 12.1 Å². The van der Waals surface area contributed by atoms with Crippen molar-refractivity contribution in [3.8, 4) is 0 Å². The molecular weight excluding hydrogens is 224 g/mol. The molecule has 0 bridgehead atoms. The number of nitrogens with two attached hydrogens (primary N) is 1. The van der Waals surface area contributed by atoms with Crippen LogP contribution in [0.2, 0.25) is 0 Å². The Bertz CT molecular complexity index is 548. The van der Waals surface area contributed by atoms with Gasteiger partial charge in [0.1, 0.15) is 5.82 Å². The van der Waals surface area contributed by atoms with E-state index in [1.54, 1.807) is 19.2 Å². The number of aromatic nitrogens is 4. The predicted molar refractivity (Wildman–Crippen MR) is 61.9 cm³/mol. The van der Waals surface area contributed by atoms with Gasteiger partial charge in [-0.1, -0.05) is 0 Å². The fourth-order valence-corrected chi connectivity index (χ4v) is 1.46. The minimum Gasteiger partial charge on any atom is -0.383 e. The summed E-state index contributed by atoms with van der Waals surface area (Å²) in [6.45, 7) is 0.879. The molecule has 0 saturated carbocycles. The molecule has 2 rings (SSSR count). The van der Waals surface area contributed by atoms with Crippen LogP contribution in [0.4, 0.5) is 5.82 Å². The lowest BCUT2D eigenvalue weighted by atomic mass is 10.3. The molecule has 0 saturated heterocycles. The molecule has 0 radical (unpaired) electrons. The number of ether oxygens (including phenoxy) is 1. The van der Waals surface area contributed by atoms with Crippen molar-refractivity contribution in [1.29, 1.82) is 0 Å². The Morgan fingerprint density at radius 1 is 1.65 bits per heavy atom. The number of hydrogen-bond donors (Lipinski definition) is 3. The third-order valence-corrected chi connectivity index (χ3v) is 2.28. The van der Waals surface area contributed by atoms with Gasteiger partial charge in [0.25, 0.3) is 0 Å². The van der Waals surface area contributed by atoms with E-state index < -0.39 is 0 Å². The van der Waals surface area contributed by atoms with E-state index in [0.29, 0.717) is 24.6 Å². The number of hydrogen-bond acceptors (Lipinski definition) is 6. The number of nitrogens with one attached hydrogen (secondary N) is 2. The summed E-state index contributed by atoms with van der Waals surface area (Å²) in [4.78, 5) is 11.3. The van der Waals surface area contributed by atoms with E-state index in [1.807, 2.05) is 0 Å². The van der Waals surface area contributed by atoms with Gasteiger partial charge in [-0.2, -0.15) is 9.61 Å². The minimum absolute atomic E-state index is 0.0486. The van der Waals surface area contributed by atoms with Crippen LogP contribution < -0.4 is 16.7 Å².